The van der Waals surface area contributed by atoms with Crippen molar-refractivity contribution < 1.29 is 4.79 Å². The fraction of sp³-hybridized carbons (Fsp3) is 0.667. The van der Waals surface area contributed by atoms with Crippen LogP contribution in [0, 0.1) is 11.3 Å². The Bertz CT molecular complexity index is 834. The summed E-state index contributed by atoms with van der Waals surface area (Å²) in [4.78, 5) is 14.7. The summed E-state index contributed by atoms with van der Waals surface area (Å²) in [6.07, 6.45) is 4.52. The average Bonchev–Trinajstić information content (AvgIpc) is 3.21. The molecule has 0 aromatic carbocycles. The molecule has 2 atom stereocenters. The molecular formula is C21H32N4OS2. The molecule has 0 bridgehead atoms. The van der Waals surface area contributed by atoms with Crippen LogP contribution in [0.25, 0.3) is 10.7 Å². The van der Waals surface area contributed by atoms with E-state index >= 15 is 0 Å². The van der Waals surface area contributed by atoms with Gasteiger partial charge in [-0.15, -0.1) is 21.5 Å². The molecule has 1 aliphatic carbocycles. The zero-order valence-corrected chi connectivity index (χ0v) is 19.5. The van der Waals surface area contributed by atoms with Gasteiger partial charge in [0.25, 0.3) is 0 Å². The fourth-order valence-corrected chi connectivity index (χ4v) is 5.53. The number of carbonyl (C=O) groups excluding carboxylic acids is 1. The summed E-state index contributed by atoms with van der Waals surface area (Å²) < 4.78 is 2.01. The predicted octanol–water partition coefficient (Wildman–Crippen LogP) is 4.70. The molecule has 0 radical (unpaired) electrons. The normalized spacial score (nSPS) is 18.0. The number of amides is 1. The van der Waals surface area contributed by atoms with Gasteiger partial charge in [0, 0.05) is 18.0 Å². The van der Waals surface area contributed by atoms with E-state index in [4.69, 9.17) is 0 Å². The summed E-state index contributed by atoms with van der Waals surface area (Å²) in [5.41, 5.74) is 1.83. The van der Waals surface area contributed by atoms with Gasteiger partial charge in [-0.05, 0) is 55.6 Å². The van der Waals surface area contributed by atoms with Crippen molar-refractivity contribution in [2.24, 2.45) is 18.4 Å². The molecule has 2 heterocycles. The van der Waals surface area contributed by atoms with Crippen molar-refractivity contribution in [2.45, 2.75) is 71.5 Å². The second-order valence-electron chi connectivity index (χ2n) is 8.90. The predicted molar refractivity (Wildman–Crippen MR) is 118 cm³/mol. The minimum absolute atomic E-state index is 0.0451. The molecule has 0 saturated heterocycles. The zero-order chi connectivity index (χ0) is 20.5. The highest BCUT2D eigenvalue weighted by Crippen LogP contribution is 2.42. The lowest BCUT2D eigenvalue weighted by Crippen LogP contribution is -2.33. The van der Waals surface area contributed by atoms with Gasteiger partial charge in [-0.25, -0.2) is 0 Å². The number of hydrogen-bond acceptors (Lipinski definition) is 5. The molecule has 0 spiro atoms. The number of rotatable bonds is 6. The third kappa shape index (κ3) is 4.79. The molecule has 2 aromatic rings. The molecule has 1 amide bonds. The third-order valence-corrected chi connectivity index (χ3v) is 7.97. The van der Waals surface area contributed by atoms with Crippen LogP contribution in [0.15, 0.2) is 11.2 Å². The van der Waals surface area contributed by atoms with E-state index in [1.807, 2.05) is 29.9 Å². The molecule has 5 nitrogen and oxygen atoms in total. The first-order valence-corrected chi connectivity index (χ1v) is 11.9. The van der Waals surface area contributed by atoms with E-state index < -0.39 is 0 Å². The number of carbonyl (C=O) groups is 1. The zero-order valence-electron chi connectivity index (χ0n) is 17.8. The SMILES string of the molecule is CCC(C)NC(=O)CSc1nnc(-c2cc3c(s2)CCC(C(C)(C)C)C3)n1C. The molecule has 3 rings (SSSR count). The van der Waals surface area contributed by atoms with Gasteiger partial charge in [-0.2, -0.15) is 0 Å². The number of aromatic nitrogens is 3. The van der Waals surface area contributed by atoms with E-state index in [9.17, 15) is 4.79 Å². The van der Waals surface area contributed by atoms with Crippen LogP contribution >= 0.6 is 23.1 Å². The Morgan fingerprint density at radius 1 is 1.43 bits per heavy atom. The van der Waals surface area contributed by atoms with E-state index in [1.54, 1.807) is 0 Å². The monoisotopic (exact) mass is 420 g/mol. The number of aryl methyl sites for hydroxylation is 1. The molecule has 1 N–H and O–H groups in total. The van der Waals surface area contributed by atoms with Gasteiger partial charge in [0.1, 0.15) is 0 Å². The first kappa shape index (κ1) is 21.4. The molecule has 0 fully saturated rings. The second-order valence-corrected chi connectivity index (χ2v) is 11.0. The smallest absolute Gasteiger partial charge is 0.230 e. The lowest BCUT2D eigenvalue weighted by Gasteiger charge is -2.33. The minimum atomic E-state index is 0.0451. The van der Waals surface area contributed by atoms with Gasteiger partial charge in [0.15, 0.2) is 11.0 Å². The number of nitrogens with zero attached hydrogens (tertiary/aromatic N) is 3. The highest BCUT2D eigenvalue weighted by Gasteiger charge is 2.30. The van der Waals surface area contributed by atoms with E-state index in [0.29, 0.717) is 11.2 Å². The van der Waals surface area contributed by atoms with Gasteiger partial charge in [-0.3, -0.25) is 4.79 Å². The number of hydrogen-bond donors (Lipinski definition) is 1. The largest absolute Gasteiger partial charge is 0.353 e. The van der Waals surface area contributed by atoms with Crippen LogP contribution in [-0.4, -0.2) is 32.5 Å². The van der Waals surface area contributed by atoms with Crippen molar-refractivity contribution in [3.63, 3.8) is 0 Å². The maximum Gasteiger partial charge on any atom is 0.230 e. The van der Waals surface area contributed by atoms with Crippen LogP contribution in [0.3, 0.4) is 0 Å². The van der Waals surface area contributed by atoms with Crippen LogP contribution in [0.1, 0.15) is 57.9 Å². The molecule has 0 saturated carbocycles. The number of thiophene rings is 1. The van der Waals surface area contributed by atoms with Crippen molar-refractivity contribution in [1.29, 1.82) is 0 Å². The van der Waals surface area contributed by atoms with E-state index in [0.717, 1.165) is 36.2 Å². The lowest BCUT2D eigenvalue weighted by atomic mass is 9.72. The highest BCUT2D eigenvalue weighted by atomic mass is 32.2. The summed E-state index contributed by atoms with van der Waals surface area (Å²) in [7, 11) is 1.99. The third-order valence-electron chi connectivity index (χ3n) is 5.71. The van der Waals surface area contributed by atoms with E-state index in [1.165, 1.54) is 33.5 Å². The van der Waals surface area contributed by atoms with Crippen molar-refractivity contribution >= 4 is 29.0 Å². The summed E-state index contributed by atoms with van der Waals surface area (Å²) in [5, 5.41) is 12.5. The average molecular weight is 421 g/mol. The summed E-state index contributed by atoms with van der Waals surface area (Å²) in [6, 6.07) is 2.52. The molecule has 7 heteroatoms. The minimum Gasteiger partial charge on any atom is -0.353 e. The Morgan fingerprint density at radius 3 is 2.86 bits per heavy atom. The summed E-state index contributed by atoms with van der Waals surface area (Å²) >= 11 is 3.30. The number of fused-ring (bicyclic) bond motifs is 1. The first-order valence-electron chi connectivity index (χ1n) is 10.1. The number of nitrogens with one attached hydrogen (secondary N) is 1. The Morgan fingerprint density at radius 2 is 2.18 bits per heavy atom. The Hall–Kier alpha value is -1.34. The van der Waals surface area contributed by atoms with Gasteiger partial charge in [0.2, 0.25) is 5.91 Å². The van der Waals surface area contributed by atoms with Gasteiger partial charge >= 0.3 is 0 Å². The van der Waals surface area contributed by atoms with Crippen LogP contribution in [0.2, 0.25) is 0 Å². The van der Waals surface area contributed by atoms with Crippen molar-refractivity contribution in [3.05, 3.63) is 16.5 Å². The fourth-order valence-electron chi connectivity index (χ4n) is 3.58. The topological polar surface area (TPSA) is 59.8 Å². The van der Waals surface area contributed by atoms with Crippen molar-refractivity contribution in [2.75, 3.05) is 5.75 Å². The van der Waals surface area contributed by atoms with Crippen molar-refractivity contribution in [3.8, 4) is 10.7 Å². The summed E-state index contributed by atoms with van der Waals surface area (Å²) in [6.45, 7) is 11.1. The summed E-state index contributed by atoms with van der Waals surface area (Å²) in [5.74, 6) is 2.04. The maximum absolute atomic E-state index is 12.0. The van der Waals surface area contributed by atoms with Gasteiger partial charge in [0.05, 0.1) is 10.6 Å². The molecule has 2 aromatic heterocycles. The van der Waals surface area contributed by atoms with Crippen LogP contribution < -0.4 is 5.32 Å². The van der Waals surface area contributed by atoms with Gasteiger partial charge in [-0.1, -0.05) is 39.5 Å². The lowest BCUT2D eigenvalue weighted by molar-refractivity contribution is -0.119. The molecule has 2 unspecified atom stereocenters. The molecule has 0 aliphatic heterocycles. The van der Waals surface area contributed by atoms with Crippen LogP contribution in [-0.2, 0) is 24.7 Å². The Labute approximate surface area is 176 Å². The molecule has 1 aliphatic rings. The Kier molecular flexibility index (Phi) is 6.54. The van der Waals surface area contributed by atoms with E-state index in [2.05, 4.69) is 49.3 Å². The quantitative estimate of drug-likeness (QED) is 0.688. The van der Waals surface area contributed by atoms with Crippen LogP contribution in [0.5, 0.6) is 0 Å². The van der Waals surface area contributed by atoms with E-state index in [-0.39, 0.29) is 11.9 Å². The van der Waals surface area contributed by atoms with Gasteiger partial charge < -0.3 is 9.88 Å². The molecule has 28 heavy (non-hydrogen) atoms. The number of thioether (sulfide) groups is 1. The first-order chi connectivity index (χ1) is 13.2. The molecule has 154 valence electrons. The van der Waals surface area contributed by atoms with Crippen molar-refractivity contribution in [1.82, 2.24) is 20.1 Å². The maximum atomic E-state index is 12.0. The molecular weight excluding hydrogens is 388 g/mol. The highest BCUT2D eigenvalue weighted by molar-refractivity contribution is 7.99. The Balaban J connectivity index is 1.69. The second kappa shape index (κ2) is 8.57. The van der Waals surface area contributed by atoms with Crippen LogP contribution in [0.4, 0.5) is 0 Å². The standard InChI is InChI=1S/C21H32N4OS2/c1-7-13(2)22-18(26)12-27-20-24-23-19(25(20)6)17-11-14-10-15(21(3,4)5)8-9-16(14)28-17/h11,13,15H,7-10,12H2,1-6H3,(H,22,26).